The number of fused-ring (bicyclic) bond motifs is 1. The Morgan fingerprint density at radius 3 is 2.64 bits per heavy atom. The first-order valence-electron chi connectivity index (χ1n) is 11.0. The number of anilines is 2. The normalized spacial score (nSPS) is 22.5. The molecule has 0 N–H and O–H groups in total. The molecule has 0 saturated carbocycles. The van der Waals surface area contributed by atoms with Gasteiger partial charge in [0.15, 0.2) is 11.3 Å². The lowest BCUT2D eigenvalue weighted by molar-refractivity contribution is -0.141. The third-order valence-corrected chi connectivity index (χ3v) is 6.86. The van der Waals surface area contributed by atoms with Crippen LogP contribution in [0.25, 0.3) is 11.2 Å². The summed E-state index contributed by atoms with van der Waals surface area (Å²) < 4.78 is 47.9. The van der Waals surface area contributed by atoms with Gasteiger partial charge < -0.3 is 14.5 Å². The lowest BCUT2D eigenvalue weighted by Gasteiger charge is -2.49. The third-order valence-electron chi connectivity index (χ3n) is 6.86. The standard InChI is InChI=1S/C21H23F3N8O/c1-13-25-7-16(18(28-13)21(22,23)24)31-11-20(12-31)3-4-30(10-20)17-8-26-15-6-27-32(19(15)29-17)14-2-5-33-9-14/h6-8,14H,2-5,9-12H2,1H3/t14-/m0/s1. The highest BCUT2D eigenvalue weighted by Gasteiger charge is 2.50. The van der Waals surface area contributed by atoms with Crippen LogP contribution >= 0.6 is 0 Å². The molecule has 1 atom stereocenters. The van der Waals surface area contributed by atoms with Gasteiger partial charge in [-0.1, -0.05) is 0 Å². The van der Waals surface area contributed by atoms with Crippen LogP contribution in [0.3, 0.4) is 0 Å². The number of ether oxygens (including phenoxy) is 1. The van der Waals surface area contributed by atoms with Crippen molar-refractivity contribution < 1.29 is 17.9 Å². The highest BCUT2D eigenvalue weighted by molar-refractivity contribution is 5.71. The van der Waals surface area contributed by atoms with Crippen LogP contribution in [0.4, 0.5) is 24.7 Å². The molecule has 3 aromatic rings. The van der Waals surface area contributed by atoms with Gasteiger partial charge in [0, 0.05) is 38.2 Å². The van der Waals surface area contributed by atoms with E-state index in [0.717, 1.165) is 42.9 Å². The fourth-order valence-corrected chi connectivity index (χ4v) is 5.17. The molecular formula is C21H23F3N8O. The van der Waals surface area contributed by atoms with Crippen LogP contribution < -0.4 is 9.80 Å². The average Bonchev–Trinajstić information content (AvgIpc) is 3.50. The molecule has 6 rings (SSSR count). The first-order valence-corrected chi connectivity index (χ1v) is 11.0. The van der Waals surface area contributed by atoms with E-state index in [2.05, 4.69) is 25.0 Å². The molecule has 0 radical (unpaired) electrons. The quantitative estimate of drug-likeness (QED) is 0.590. The summed E-state index contributed by atoms with van der Waals surface area (Å²) in [6, 6.07) is 0.164. The number of rotatable bonds is 3. The van der Waals surface area contributed by atoms with Crippen molar-refractivity contribution >= 4 is 22.7 Å². The van der Waals surface area contributed by atoms with Gasteiger partial charge >= 0.3 is 6.18 Å². The molecule has 3 aliphatic heterocycles. The molecule has 0 aliphatic carbocycles. The number of nitrogens with zero attached hydrogens (tertiary/aromatic N) is 8. The summed E-state index contributed by atoms with van der Waals surface area (Å²) in [5.74, 6) is 0.888. The number of alkyl halides is 3. The van der Waals surface area contributed by atoms with Gasteiger partial charge in [0.25, 0.3) is 0 Å². The molecule has 9 nitrogen and oxygen atoms in total. The van der Waals surface area contributed by atoms with E-state index in [1.165, 1.54) is 13.1 Å². The molecular weight excluding hydrogens is 437 g/mol. The minimum Gasteiger partial charge on any atom is -0.379 e. The largest absolute Gasteiger partial charge is 0.435 e. The molecule has 6 heterocycles. The van der Waals surface area contributed by atoms with Gasteiger partial charge in [-0.15, -0.1) is 0 Å². The predicted octanol–water partition coefficient (Wildman–Crippen LogP) is 2.62. The molecule has 0 amide bonds. The fourth-order valence-electron chi connectivity index (χ4n) is 5.17. The molecule has 3 aromatic heterocycles. The van der Waals surface area contributed by atoms with E-state index >= 15 is 0 Å². The summed E-state index contributed by atoms with van der Waals surface area (Å²) in [5.41, 5.74) is 0.602. The monoisotopic (exact) mass is 460 g/mol. The number of hydrogen-bond donors (Lipinski definition) is 0. The number of aryl methyl sites for hydroxylation is 1. The fraction of sp³-hybridized carbons (Fsp3) is 0.571. The Morgan fingerprint density at radius 2 is 1.88 bits per heavy atom. The van der Waals surface area contributed by atoms with Crippen LogP contribution in [0.2, 0.25) is 0 Å². The Morgan fingerprint density at radius 1 is 1.06 bits per heavy atom. The minimum absolute atomic E-state index is 0.0565. The Labute approximate surface area is 187 Å². The second-order valence-electron chi connectivity index (χ2n) is 9.22. The van der Waals surface area contributed by atoms with Gasteiger partial charge in [-0.2, -0.15) is 18.3 Å². The van der Waals surface area contributed by atoms with Gasteiger partial charge in [-0.05, 0) is 19.8 Å². The van der Waals surface area contributed by atoms with Gasteiger partial charge in [0.05, 0.1) is 36.9 Å². The molecule has 3 aliphatic rings. The summed E-state index contributed by atoms with van der Waals surface area (Å²) >= 11 is 0. The highest BCUT2D eigenvalue weighted by atomic mass is 19.4. The van der Waals surface area contributed by atoms with Crippen LogP contribution in [0, 0.1) is 12.3 Å². The lowest BCUT2D eigenvalue weighted by Crippen LogP contribution is -2.58. The average molecular weight is 460 g/mol. The van der Waals surface area contributed by atoms with E-state index in [4.69, 9.17) is 9.72 Å². The summed E-state index contributed by atoms with van der Waals surface area (Å²) in [4.78, 5) is 21.0. The van der Waals surface area contributed by atoms with E-state index < -0.39 is 11.9 Å². The lowest BCUT2D eigenvalue weighted by atomic mass is 9.78. The molecule has 3 saturated heterocycles. The number of aromatic nitrogens is 6. The van der Waals surface area contributed by atoms with Gasteiger partial charge in [0.2, 0.25) is 0 Å². The van der Waals surface area contributed by atoms with E-state index in [1.807, 2.05) is 4.68 Å². The zero-order valence-electron chi connectivity index (χ0n) is 18.1. The molecule has 0 unspecified atom stereocenters. The van der Waals surface area contributed by atoms with Crippen molar-refractivity contribution in [1.82, 2.24) is 29.7 Å². The zero-order chi connectivity index (χ0) is 22.8. The van der Waals surface area contributed by atoms with Crippen molar-refractivity contribution in [2.45, 2.75) is 32.0 Å². The maximum Gasteiger partial charge on any atom is 0.435 e. The molecule has 3 fully saturated rings. The van der Waals surface area contributed by atoms with Crippen molar-refractivity contribution in [3.63, 3.8) is 0 Å². The second kappa shape index (κ2) is 7.24. The first-order chi connectivity index (χ1) is 15.8. The molecule has 1 spiro atoms. The van der Waals surface area contributed by atoms with Crippen molar-refractivity contribution in [2.24, 2.45) is 5.41 Å². The topological polar surface area (TPSA) is 85.1 Å². The van der Waals surface area contributed by atoms with Crippen LogP contribution in [0.15, 0.2) is 18.6 Å². The maximum atomic E-state index is 13.5. The Kier molecular flexibility index (Phi) is 4.51. The predicted molar refractivity (Wildman–Crippen MR) is 113 cm³/mol. The van der Waals surface area contributed by atoms with E-state index in [9.17, 15) is 13.2 Å². The SMILES string of the molecule is Cc1ncc(N2CC3(CCN(c4cnc5cnn([C@H]6CCOC6)c5n4)C3)C2)c(C(F)(F)F)n1. The van der Waals surface area contributed by atoms with E-state index in [0.29, 0.717) is 26.3 Å². The molecule has 33 heavy (non-hydrogen) atoms. The van der Waals surface area contributed by atoms with Gasteiger partial charge in [-0.25, -0.2) is 24.6 Å². The first kappa shape index (κ1) is 20.6. The summed E-state index contributed by atoms with van der Waals surface area (Å²) in [7, 11) is 0. The van der Waals surface area contributed by atoms with Crippen LogP contribution in [-0.4, -0.2) is 69.1 Å². The van der Waals surface area contributed by atoms with E-state index in [1.54, 1.807) is 17.3 Å². The molecule has 174 valence electrons. The van der Waals surface area contributed by atoms with Gasteiger partial charge in [0.1, 0.15) is 17.2 Å². The molecule has 12 heteroatoms. The van der Waals surface area contributed by atoms with Crippen molar-refractivity contribution in [1.29, 1.82) is 0 Å². The van der Waals surface area contributed by atoms with Crippen molar-refractivity contribution in [3.05, 3.63) is 30.1 Å². The van der Waals surface area contributed by atoms with E-state index in [-0.39, 0.29) is 23.0 Å². The van der Waals surface area contributed by atoms with Crippen LogP contribution in [-0.2, 0) is 10.9 Å². The van der Waals surface area contributed by atoms with Gasteiger partial charge in [-0.3, -0.25) is 0 Å². The Bertz CT molecular complexity index is 1200. The van der Waals surface area contributed by atoms with Crippen LogP contribution in [0.1, 0.15) is 30.4 Å². The Hall–Kier alpha value is -3.02. The summed E-state index contributed by atoms with van der Waals surface area (Å²) in [5, 5.41) is 4.46. The third kappa shape index (κ3) is 3.47. The maximum absolute atomic E-state index is 13.5. The highest BCUT2D eigenvalue weighted by Crippen LogP contribution is 2.45. The Balaban J connectivity index is 1.20. The summed E-state index contributed by atoms with van der Waals surface area (Å²) in [6.45, 7) is 5.37. The molecule has 0 bridgehead atoms. The second-order valence-corrected chi connectivity index (χ2v) is 9.22. The van der Waals surface area contributed by atoms with Crippen molar-refractivity contribution in [2.75, 3.05) is 49.2 Å². The molecule has 0 aromatic carbocycles. The minimum atomic E-state index is -4.51. The summed E-state index contributed by atoms with van der Waals surface area (Å²) in [6.07, 6.45) is 2.04. The zero-order valence-corrected chi connectivity index (χ0v) is 18.1. The number of halogens is 3. The number of hydrogen-bond acceptors (Lipinski definition) is 8. The van der Waals surface area contributed by atoms with Crippen molar-refractivity contribution in [3.8, 4) is 0 Å². The smallest absolute Gasteiger partial charge is 0.379 e. The van der Waals surface area contributed by atoms with Crippen LogP contribution in [0.5, 0.6) is 0 Å².